The molecule has 3 rings (SSSR count). The van der Waals surface area contributed by atoms with Crippen molar-refractivity contribution in [2.75, 3.05) is 24.6 Å². The summed E-state index contributed by atoms with van der Waals surface area (Å²) in [5.74, 6) is -0.181. The highest BCUT2D eigenvalue weighted by Gasteiger charge is 2.25. The fourth-order valence-electron chi connectivity index (χ4n) is 3.14. The van der Waals surface area contributed by atoms with Gasteiger partial charge in [0.25, 0.3) is 0 Å². The molecule has 0 saturated carbocycles. The summed E-state index contributed by atoms with van der Waals surface area (Å²) in [4.78, 5) is 14.3. The lowest BCUT2D eigenvalue weighted by Crippen LogP contribution is -2.34. The van der Waals surface area contributed by atoms with Crippen molar-refractivity contribution in [1.82, 2.24) is 0 Å². The van der Waals surface area contributed by atoms with Crippen LogP contribution in [-0.2, 0) is 17.6 Å². The van der Waals surface area contributed by atoms with Crippen LogP contribution in [0, 0.1) is 0 Å². The highest BCUT2D eigenvalue weighted by molar-refractivity contribution is 5.91. The molecule has 0 spiro atoms. The summed E-state index contributed by atoms with van der Waals surface area (Å²) < 4.78 is 5.11. The highest BCUT2D eigenvalue weighted by Crippen LogP contribution is 2.36. The van der Waals surface area contributed by atoms with E-state index in [4.69, 9.17) is 4.74 Å². The molecule has 3 nitrogen and oxygen atoms in total. The van der Waals surface area contributed by atoms with Crippen molar-refractivity contribution in [3.63, 3.8) is 0 Å². The molecule has 2 aliphatic rings. The lowest BCUT2D eigenvalue weighted by atomic mass is 9.90. The number of esters is 1. The van der Waals surface area contributed by atoms with E-state index in [0.29, 0.717) is 6.61 Å². The molecule has 2 aliphatic heterocycles. The first-order valence-electron chi connectivity index (χ1n) is 6.87. The van der Waals surface area contributed by atoms with Gasteiger partial charge in [-0.2, -0.15) is 0 Å². The van der Waals surface area contributed by atoms with E-state index in [-0.39, 0.29) is 5.97 Å². The monoisotopic (exact) mass is 245 g/mol. The average Bonchev–Trinajstić information content (AvgIpc) is 2.39. The Bertz CT molecular complexity index is 450. The minimum atomic E-state index is -0.181. The zero-order valence-electron chi connectivity index (χ0n) is 10.9. The third-order valence-electron chi connectivity index (χ3n) is 3.84. The quantitative estimate of drug-likeness (QED) is 0.750. The number of carbonyl (C=O) groups excluding carboxylic acids is 1. The van der Waals surface area contributed by atoms with Crippen LogP contribution in [0.3, 0.4) is 0 Å². The lowest BCUT2D eigenvalue weighted by molar-refractivity contribution is 0.0526. The molecule has 0 saturated heterocycles. The van der Waals surface area contributed by atoms with Crippen LogP contribution in [0.4, 0.5) is 5.69 Å². The van der Waals surface area contributed by atoms with Crippen molar-refractivity contribution >= 4 is 11.7 Å². The number of nitrogens with zero attached hydrogens (tertiary/aromatic N) is 1. The zero-order chi connectivity index (χ0) is 12.5. The van der Waals surface area contributed by atoms with Crippen molar-refractivity contribution in [2.45, 2.75) is 32.6 Å². The van der Waals surface area contributed by atoms with Crippen LogP contribution in [0.15, 0.2) is 12.1 Å². The predicted octanol–water partition coefficient (Wildman–Crippen LogP) is 2.56. The third-order valence-corrected chi connectivity index (χ3v) is 3.84. The van der Waals surface area contributed by atoms with Crippen LogP contribution < -0.4 is 4.90 Å². The number of aryl methyl sites for hydroxylation is 2. The SMILES string of the molecule is CCOC(=O)c1cc2c3c(c1)CCCN3CCC2. The molecule has 0 unspecified atom stereocenters. The smallest absolute Gasteiger partial charge is 0.338 e. The summed E-state index contributed by atoms with van der Waals surface area (Å²) in [6.07, 6.45) is 4.57. The van der Waals surface area contributed by atoms with E-state index in [1.54, 1.807) is 0 Å². The Hall–Kier alpha value is -1.51. The molecule has 3 heteroatoms. The van der Waals surface area contributed by atoms with Gasteiger partial charge >= 0.3 is 5.97 Å². The Balaban J connectivity index is 2.03. The largest absolute Gasteiger partial charge is 0.462 e. The molecule has 0 N–H and O–H groups in total. The van der Waals surface area contributed by atoms with Gasteiger partial charge in [0.2, 0.25) is 0 Å². The first kappa shape index (κ1) is 11.6. The molecule has 18 heavy (non-hydrogen) atoms. The topological polar surface area (TPSA) is 29.5 Å². The van der Waals surface area contributed by atoms with Crippen LogP contribution in [0.5, 0.6) is 0 Å². The summed E-state index contributed by atoms with van der Waals surface area (Å²) in [5.41, 5.74) is 4.80. The lowest BCUT2D eigenvalue weighted by Gasteiger charge is -2.37. The second-order valence-electron chi connectivity index (χ2n) is 5.06. The van der Waals surface area contributed by atoms with Crippen molar-refractivity contribution in [1.29, 1.82) is 0 Å². The van der Waals surface area contributed by atoms with Crippen LogP contribution in [-0.4, -0.2) is 25.7 Å². The summed E-state index contributed by atoms with van der Waals surface area (Å²) in [7, 11) is 0. The maximum absolute atomic E-state index is 11.9. The molecule has 0 aromatic heterocycles. The summed E-state index contributed by atoms with van der Waals surface area (Å²) >= 11 is 0. The third kappa shape index (κ3) is 1.88. The van der Waals surface area contributed by atoms with Gasteiger partial charge in [0, 0.05) is 18.8 Å². The summed E-state index contributed by atoms with van der Waals surface area (Å²) in [6, 6.07) is 4.07. The molecule has 0 aliphatic carbocycles. The van der Waals surface area contributed by atoms with Gasteiger partial charge in [-0.05, 0) is 55.9 Å². The van der Waals surface area contributed by atoms with Crippen LogP contribution in [0.25, 0.3) is 0 Å². The van der Waals surface area contributed by atoms with Crippen molar-refractivity contribution in [3.8, 4) is 0 Å². The molecule has 1 aromatic carbocycles. The van der Waals surface area contributed by atoms with E-state index >= 15 is 0 Å². The van der Waals surface area contributed by atoms with Crippen LogP contribution in [0.1, 0.15) is 41.3 Å². The maximum atomic E-state index is 11.9. The van der Waals surface area contributed by atoms with Gasteiger partial charge in [-0.1, -0.05) is 0 Å². The van der Waals surface area contributed by atoms with E-state index in [0.717, 1.165) is 18.4 Å². The minimum absolute atomic E-state index is 0.181. The minimum Gasteiger partial charge on any atom is -0.462 e. The number of hydrogen-bond donors (Lipinski definition) is 0. The standard InChI is InChI=1S/C15H19NO2/c1-2-18-15(17)13-9-11-5-3-7-16-8-4-6-12(10-13)14(11)16/h9-10H,2-8H2,1H3. The Morgan fingerprint density at radius 3 is 2.39 bits per heavy atom. The molecule has 0 amide bonds. The van der Waals surface area contributed by atoms with Crippen LogP contribution in [0.2, 0.25) is 0 Å². The summed E-state index contributed by atoms with van der Waals surface area (Å²) in [6.45, 7) is 4.62. The number of anilines is 1. The first-order chi connectivity index (χ1) is 8.79. The van der Waals surface area contributed by atoms with Crippen molar-refractivity contribution < 1.29 is 9.53 Å². The fourth-order valence-corrected chi connectivity index (χ4v) is 3.14. The zero-order valence-corrected chi connectivity index (χ0v) is 10.9. The highest BCUT2D eigenvalue weighted by atomic mass is 16.5. The molecular formula is C15H19NO2. The van der Waals surface area contributed by atoms with Crippen molar-refractivity contribution in [3.05, 3.63) is 28.8 Å². The first-order valence-corrected chi connectivity index (χ1v) is 6.87. The molecular weight excluding hydrogens is 226 g/mol. The molecule has 0 fully saturated rings. The number of rotatable bonds is 2. The average molecular weight is 245 g/mol. The molecule has 0 radical (unpaired) electrons. The Morgan fingerprint density at radius 2 is 1.83 bits per heavy atom. The summed E-state index contributed by atoms with van der Waals surface area (Å²) in [5, 5.41) is 0. The van der Waals surface area contributed by atoms with Gasteiger partial charge in [0.1, 0.15) is 0 Å². The van der Waals surface area contributed by atoms with E-state index in [1.807, 2.05) is 19.1 Å². The molecule has 1 aromatic rings. The van der Waals surface area contributed by atoms with E-state index in [9.17, 15) is 4.79 Å². The fraction of sp³-hybridized carbons (Fsp3) is 0.533. The van der Waals surface area contributed by atoms with Gasteiger partial charge in [-0.3, -0.25) is 0 Å². The van der Waals surface area contributed by atoms with Gasteiger partial charge in [0.15, 0.2) is 0 Å². The molecule has 96 valence electrons. The molecule has 0 bridgehead atoms. The van der Waals surface area contributed by atoms with Crippen LogP contribution >= 0.6 is 0 Å². The van der Waals surface area contributed by atoms with Gasteiger partial charge in [-0.25, -0.2) is 4.79 Å². The number of carbonyl (C=O) groups is 1. The number of ether oxygens (including phenoxy) is 1. The molecule has 2 heterocycles. The van der Waals surface area contributed by atoms with E-state index in [2.05, 4.69) is 4.90 Å². The number of hydrogen-bond acceptors (Lipinski definition) is 3. The Labute approximate surface area is 108 Å². The van der Waals surface area contributed by atoms with Gasteiger partial charge in [0.05, 0.1) is 12.2 Å². The number of benzene rings is 1. The second-order valence-corrected chi connectivity index (χ2v) is 5.06. The van der Waals surface area contributed by atoms with E-state index < -0.39 is 0 Å². The predicted molar refractivity (Wildman–Crippen MR) is 71.3 cm³/mol. The Morgan fingerprint density at radius 1 is 1.22 bits per heavy atom. The normalized spacial score (nSPS) is 17.3. The van der Waals surface area contributed by atoms with Crippen molar-refractivity contribution in [2.24, 2.45) is 0 Å². The van der Waals surface area contributed by atoms with Gasteiger partial charge < -0.3 is 9.64 Å². The Kier molecular flexibility index (Phi) is 2.98. The van der Waals surface area contributed by atoms with E-state index in [1.165, 1.54) is 42.7 Å². The molecule has 0 atom stereocenters. The second kappa shape index (κ2) is 4.63. The van der Waals surface area contributed by atoms with Gasteiger partial charge in [-0.15, -0.1) is 0 Å². The maximum Gasteiger partial charge on any atom is 0.338 e.